The van der Waals surface area contributed by atoms with Crippen LogP contribution < -0.4 is 0 Å². The zero-order valence-corrected chi connectivity index (χ0v) is 9.64. The second-order valence-corrected chi connectivity index (χ2v) is 3.85. The monoisotopic (exact) mass is 216 g/mol. The Morgan fingerprint density at radius 1 is 1.38 bits per heavy atom. The maximum Gasteiger partial charge on any atom is 0.200 e. The first-order chi connectivity index (χ1) is 7.75. The van der Waals surface area contributed by atoms with Gasteiger partial charge in [-0.2, -0.15) is 0 Å². The molecule has 0 aliphatic heterocycles. The second-order valence-electron chi connectivity index (χ2n) is 3.85. The minimum absolute atomic E-state index is 0.279. The van der Waals surface area contributed by atoms with Gasteiger partial charge in [-0.25, -0.2) is 0 Å². The van der Waals surface area contributed by atoms with Crippen LogP contribution in [0, 0.1) is 0 Å². The average Bonchev–Trinajstić information content (AvgIpc) is 2.55. The molecule has 1 aromatic carbocycles. The number of aromatic nitrogens is 1. The third kappa shape index (κ3) is 1.69. The minimum atomic E-state index is 0.279. The Kier molecular flexibility index (Phi) is 2.95. The van der Waals surface area contributed by atoms with E-state index in [-0.39, 0.29) is 5.88 Å². The van der Waals surface area contributed by atoms with E-state index in [4.69, 9.17) is 0 Å². The van der Waals surface area contributed by atoms with E-state index in [2.05, 4.69) is 11.9 Å². The highest BCUT2D eigenvalue weighted by molar-refractivity contribution is 6.02. The van der Waals surface area contributed by atoms with Crippen LogP contribution in [0.15, 0.2) is 29.3 Å². The van der Waals surface area contributed by atoms with Crippen molar-refractivity contribution in [2.24, 2.45) is 12.0 Å². The van der Waals surface area contributed by atoms with Crippen LogP contribution in [0.5, 0.6) is 5.88 Å². The van der Waals surface area contributed by atoms with Crippen LogP contribution in [0.3, 0.4) is 0 Å². The van der Waals surface area contributed by atoms with Crippen molar-refractivity contribution in [2.45, 2.75) is 13.3 Å². The maximum atomic E-state index is 9.99. The van der Waals surface area contributed by atoms with Crippen LogP contribution in [0.4, 0.5) is 0 Å². The second kappa shape index (κ2) is 4.39. The summed E-state index contributed by atoms with van der Waals surface area (Å²) in [5.74, 6) is 0.279. The summed E-state index contributed by atoms with van der Waals surface area (Å²) in [4.78, 5) is 4.29. The lowest BCUT2D eigenvalue weighted by molar-refractivity contribution is 0.434. The predicted molar refractivity (Wildman–Crippen MR) is 67.3 cm³/mol. The third-order valence-corrected chi connectivity index (χ3v) is 2.69. The Hall–Kier alpha value is -1.77. The molecule has 2 rings (SSSR count). The number of para-hydroxylation sites is 1. The Bertz CT molecular complexity index is 526. The van der Waals surface area contributed by atoms with Crippen LogP contribution in [-0.4, -0.2) is 22.4 Å². The number of fused-ring (bicyclic) bond motifs is 1. The molecule has 0 aliphatic rings. The Balaban J connectivity index is 2.55. The van der Waals surface area contributed by atoms with Gasteiger partial charge in [-0.15, -0.1) is 0 Å². The van der Waals surface area contributed by atoms with E-state index >= 15 is 0 Å². The van der Waals surface area contributed by atoms with Gasteiger partial charge in [0.25, 0.3) is 0 Å². The molecule has 84 valence electrons. The SMILES string of the molecule is CCCN=Cc1c(O)n(C)c2ccccc12. The quantitative estimate of drug-likeness (QED) is 0.787. The summed E-state index contributed by atoms with van der Waals surface area (Å²) in [5, 5.41) is 11.0. The van der Waals surface area contributed by atoms with Crippen molar-refractivity contribution in [1.82, 2.24) is 4.57 Å². The van der Waals surface area contributed by atoms with E-state index in [9.17, 15) is 5.11 Å². The molecule has 0 unspecified atom stereocenters. The first-order valence-electron chi connectivity index (χ1n) is 5.52. The number of rotatable bonds is 3. The fourth-order valence-corrected chi connectivity index (χ4v) is 1.82. The maximum absolute atomic E-state index is 9.99. The minimum Gasteiger partial charge on any atom is -0.494 e. The van der Waals surface area contributed by atoms with Crippen molar-refractivity contribution in [1.29, 1.82) is 0 Å². The highest BCUT2D eigenvalue weighted by atomic mass is 16.3. The van der Waals surface area contributed by atoms with Gasteiger partial charge in [0.1, 0.15) is 0 Å². The van der Waals surface area contributed by atoms with Gasteiger partial charge in [0.15, 0.2) is 0 Å². The molecule has 1 heterocycles. The third-order valence-electron chi connectivity index (χ3n) is 2.69. The highest BCUT2D eigenvalue weighted by Gasteiger charge is 2.11. The molecule has 3 heteroatoms. The molecule has 0 atom stereocenters. The molecule has 0 fully saturated rings. The molecule has 0 bridgehead atoms. The van der Waals surface area contributed by atoms with Crippen molar-refractivity contribution in [3.05, 3.63) is 29.8 Å². The Labute approximate surface area is 95.0 Å². The number of aromatic hydroxyl groups is 1. The molecule has 0 aliphatic carbocycles. The molecule has 3 nitrogen and oxygen atoms in total. The fraction of sp³-hybridized carbons (Fsp3) is 0.308. The number of hydrogen-bond acceptors (Lipinski definition) is 2. The van der Waals surface area contributed by atoms with Crippen molar-refractivity contribution >= 4 is 17.1 Å². The molecule has 0 saturated carbocycles. The first-order valence-corrected chi connectivity index (χ1v) is 5.52. The van der Waals surface area contributed by atoms with Gasteiger partial charge in [0.05, 0.1) is 11.1 Å². The summed E-state index contributed by atoms with van der Waals surface area (Å²) in [7, 11) is 1.86. The Morgan fingerprint density at radius 2 is 2.12 bits per heavy atom. The molecular weight excluding hydrogens is 200 g/mol. The summed E-state index contributed by atoms with van der Waals surface area (Å²) < 4.78 is 1.78. The van der Waals surface area contributed by atoms with Crippen LogP contribution >= 0.6 is 0 Å². The number of aryl methyl sites for hydroxylation is 1. The van der Waals surface area contributed by atoms with Gasteiger partial charge in [0, 0.05) is 25.2 Å². The lowest BCUT2D eigenvalue weighted by atomic mass is 10.2. The number of hydrogen-bond donors (Lipinski definition) is 1. The van der Waals surface area contributed by atoms with Crippen LogP contribution in [0.25, 0.3) is 10.9 Å². The van der Waals surface area contributed by atoms with Gasteiger partial charge < -0.3 is 9.67 Å². The van der Waals surface area contributed by atoms with Crippen molar-refractivity contribution in [3.63, 3.8) is 0 Å². The summed E-state index contributed by atoms with van der Waals surface area (Å²) in [6.07, 6.45) is 2.78. The molecule has 1 aromatic heterocycles. The van der Waals surface area contributed by atoms with Crippen LogP contribution in [-0.2, 0) is 7.05 Å². The molecule has 0 saturated heterocycles. The van der Waals surface area contributed by atoms with Gasteiger partial charge >= 0.3 is 0 Å². The van der Waals surface area contributed by atoms with E-state index in [0.29, 0.717) is 0 Å². The highest BCUT2D eigenvalue weighted by Crippen LogP contribution is 2.28. The first kappa shape index (κ1) is 10.7. The van der Waals surface area contributed by atoms with E-state index in [1.54, 1.807) is 10.8 Å². The van der Waals surface area contributed by atoms with E-state index in [1.165, 1.54) is 0 Å². The summed E-state index contributed by atoms with van der Waals surface area (Å²) >= 11 is 0. The van der Waals surface area contributed by atoms with Gasteiger partial charge in [0.2, 0.25) is 5.88 Å². The Morgan fingerprint density at radius 3 is 2.88 bits per heavy atom. The molecule has 16 heavy (non-hydrogen) atoms. The molecule has 2 aromatic rings. The van der Waals surface area contributed by atoms with Crippen LogP contribution in [0.1, 0.15) is 18.9 Å². The lowest BCUT2D eigenvalue weighted by Gasteiger charge is -1.95. The molecule has 1 N–H and O–H groups in total. The summed E-state index contributed by atoms with van der Waals surface area (Å²) in [5.41, 5.74) is 1.84. The van der Waals surface area contributed by atoms with E-state index in [0.717, 1.165) is 29.4 Å². The van der Waals surface area contributed by atoms with Gasteiger partial charge in [-0.3, -0.25) is 4.99 Å². The van der Waals surface area contributed by atoms with Gasteiger partial charge in [-0.05, 0) is 12.5 Å². The van der Waals surface area contributed by atoms with Crippen molar-refractivity contribution in [3.8, 4) is 5.88 Å². The number of aliphatic imine (C=N–C) groups is 1. The fourth-order valence-electron chi connectivity index (χ4n) is 1.82. The average molecular weight is 216 g/mol. The van der Waals surface area contributed by atoms with Crippen LogP contribution in [0.2, 0.25) is 0 Å². The zero-order valence-electron chi connectivity index (χ0n) is 9.64. The van der Waals surface area contributed by atoms with Crippen molar-refractivity contribution in [2.75, 3.05) is 6.54 Å². The van der Waals surface area contributed by atoms with Crippen molar-refractivity contribution < 1.29 is 5.11 Å². The topological polar surface area (TPSA) is 37.5 Å². The normalized spacial score (nSPS) is 11.6. The largest absolute Gasteiger partial charge is 0.494 e. The molecule has 0 spiro atoms. The van der Waals surface area contributed by atoms with E-state index < -0.39 is 0 Å². The zero-order chi connectivity index (χ0) is 11.5. The number of benzene rings is 1. The standard InChI is InChI=1S/C13H16N2O/c1-3-8-14-9-11-10-6-4-5-7-12(10)15(2)13(11)16/h4-7,9,16H,3,8H2,1-2H3. The summed E-state index contributed by atoms with van der Waals surface area (Å²) in [6, 6.07) is 7.93. The summed E-state index contributed by atoms with van der Waals surface area (Å²) in [6.45, 7) is 2.88. The van der Waals surface area contributed by atoms with Gasteiger partial charge in [-0.1, -0.05) is 25.1 Å². The number of nitrogens with zero attached hydrogens (tertiary/aromatic N) is 2. The molecule has 0 radical (unpaired) electrons. The lowest BCUT2D eigenvalue weighted by Crippen LogP contribution is -1.86. The smallest absolute Gasteiger partial charge is 0.200 e. The predicted octanol–water partition coefficient (Wildman–Crippen LogP) is 2.71. The molecular formula is C13H16N2O. The van der Waals surface area contributed by atoms with E-state index in [1.807, 2.05) is 31.3 Å². The molecule has 0 amide bonds.